The van der Waals surface area contributed by atoms with Crippen molar-refractivity contribution in [2.24, 2.45) is 5.92 Å². The average Bonchev–Trinajstić information content (AvgIpc) is 2.97. The van der Waals surface area contributed by atoms with Gasteiger partial charge in [-0.2, -0.15) is 0 Å². The topological polar surface area (TPSA) is 58.1 Å². The Balaban J connectivity index is 1.40. The molecule has 5 nitrogen and oxygen atoms in total. The van der Waals surface area contributed by atoms with Gasteiger partial charge in [-0.3, -0.25) is 14.5 Å². The molecular formula is C23H25N3O2. The molecule has 1 saturated heterocycles. The Morgan fingerprint density at radius 2 is 2.00 bits per heavy atom. The number of benzene rings is 1. The third-order valence-corrected chi connectivity index (χ3v) is 6.34. The number of likely N-dealkylation sites (tertiary alicyclic amines) is 1. The number of pyridine rings is 1. The van der Waals surface area contributed by atoms with Crippen LogP contribution in [0.3, 0.4) is 0 Å². The number of aryl methyl sites for hydroxylation is 2. The number of nitrogens with one attached hydrogen (secondary N) is 1. The highest BCUT2D eigenvalue weighted by molar-refractivity contribution is 6.10. The number of aromatic nitrogens is 2. The molecule has 1 N–H and O–H groups in total. The van der Waals surface area contributed by atoms with Crippen LogP contribution in [0.25, 0.3) is 10.9 Å². The normalized spacial score (nSPS) is 21.6. The number of fused-ring (bicyclic) bond motifs is 5. The van der Waals surface area contributed by atoms with Crippen molar-refractivity contribution in [3.05, 3.63) is 69.3 Å². The lowest BCUT2D eigenvalue weighted by Gasteiger charge is -2.42. The zero-order valence-electron chi connectivity index (χ0n) is 16.4. The van der Waals surface area contributed by atoms with Crippen LogP contribution in [0.1, 0.15) is 39.6 Å². The van der Waals surface area contributed by atoms with Gasteiger partial charge in [0.05, 0.1) is 6.54 Å². The first-order valence-corrected chi connectivity index (χ1v) is 10.0. The SMILES string of the molecule is Cc1ccc2c(C(=O)CN3C[C@H]4C[C@@H](C3)c3cccc(=O)n3C4)c(C)[nH]c2c1. The van der Waals surface area contributed by atoms with Gasteiger partial charge in [-0.25, -0.2) is 0 Å². The zero-order chi connectivity index (χ0) is 19.4. The summed E-state index contributed by atoms with van der Waals surface area (Å²) in [4.78, 5) is 31.0. The number of aromatic amines is 1. The van der Waals surface area contributed by atoms with E-state index < -0.39 is 0 Å². The molecule has 0 aliphatic carbocycles. The Kier molecular flexibility index (Phi) is 4.02. The Bertz CT molecular complexity index is 1140. The fourth-order valence-corrected chi connectivity index (χ4v) is 5.21. The van der Waals surface area contributed by atoms with E-state index in [1.54, 1.807) is 6.07 Å². The van der Waals surface area contributed by atoms with Crippen LogP contribution in [-0.2, 0) is 6.54 Å². The Labute approximate surface area is 164 Å². The lowest BCUT2D eigenvalue weighted by molar-refractivity contribution is 0.0818. The van der Waals surface area contributed by atoms with Gasteiger partial charge in [-0.15, -0.1) is 0 Å². The molecule has 2 aromatic heterocycles. The third kappa shape index (κ3) is 2.81. The lowest BCUT2D eigenvalue weighted by Crippen LogP contribution is -2.48. The van der Waals surface area contributed by atoms with E-state index in [4.69, 9.17) is 0 Å². The highest BCUT2D eigenvalue weighted by Crippen LogP contribution is 2.35. The number of ketones is 1. The number of rotatable bonds is 3. The molecule has 5 rings (SSSR count). The molecule has 2 aliphatic heterocycles. The van der Waals surface area contributed by atoms with Crippen LogP contribution >= 0.6 is 0 Å². The maximum Gasteiger partial charge on any atom is 0.250 e. The first kappa shape index (κ1) is 17.4. The third-order valence-electron chi connectivity index (χ3n) is 6.34. The minimum atomic E-state index is 0.0986. The van der Waals surface area contributed by atoms with Gasteiger partial charge in [0, 0.05) is 59.5 Å². The molecule has 2 aliphatic rings. The summed E-state index contributed by atoms with van der Waals surface area (Å²) < 4.78 is 1.93. The van der Waals surface area contributed by atoms with E-state index in [0.29, 0.717) is 18.4 Å². The predicted molar refractivity (Wildman–Crippen MR) is 110 cm³/mol. The van der Waals surface area contributed by atoms with Crippen LogP contribution < -0.4 is 5.56 Å². The molecule has 2 bridgehead atoms. The largest absolute Gasteiger partial charge is 0.358 e. The number of nitrogens with zero attached hydrogens (tertiary/aromatic N) is 2. The van der Waals surface area contributed by atoms with E-state index in [1.807, 2.05) is 17.6 Å². The van der Waals surface area contributed by atoms with Crippen molar-refractivity contribution < 1.29 is 4.79 Å². The molecule has 144 valence electrons. The number of Topliss-reactive ketones (excluding diaryl/α,β-unsaturated/α-hetero) is 1. The Morgan fingerprint density at radius 1 is 1.14 bits per heavy atom. The second kappa shape index (κ2) is 6.45. The highest BCUT2D eigenvalue weighted by atomic mass is 16.1. The van der Waals surface area contributed by atoms with Gasteiger partial charge >= 0.3 is 0 Å². The van der Waals surface area contributed by atoms with Crippen LogP contribution in [-0.4, -0.2) is 39.9 Å². The van der Waals surface area contributed by atoms with Crippen molar-refractivity contribution in [1.29, 1.82) is 0 Å². The Hall–Kier alpha value is -2.66. The van der Waals surface area contributed by atoms with Gasteiger partial charge in [-0.05, 0) is 43.9 Å². The number of carbonyl (C=O) groups excluding carboxylic acids is 1. The summed E-state index contributed by atoms with van der Waals surface area (Å²) in [6, 6.07) is 11.8. The second-order valence-corrected chi connectivity index (χ2v) is 8.49. The van der Waals surface area contributed by atoms with Gasteiger partial charge in [0.25, 0.3) is 5.56 Å². The van der Waals surface area contributed by atoms with Crippen molar-refractivity contribution in [2.75, 3.05) is 19.6 Å². The van der Waals surface area contributed by atoms with Gasteiger partial charge in [0.1, 0.15) is 0 Å². The highest BCUT2D eigenvalue weighted by Gasteiger charge is 2.35. The summed E-state index contributed by atoms with van der Waals surface area (Å²) in [5.41, 5.74) is 5.21. The fraction of sp³-hybridized carbons (Fsp3) is 0.391. The number of H-pyrrole nitrogens is 1. The van der Waals surface area contributed by atoms with Crippen LogP contribution in [0.15, 0.2) is 41.2 Å². The van der Waals surface area contributed by atoms with Crippen molar-refractivity contribution in [3.63, 3.8) is 0 Å². The van der Waals surface area contributed by atoms with Crippen molar-refractivity contribution in [1.82, 2.24) is 14.5 Å². The summed E-state index contributed by atoms with van der Waals surface area (Å²) in [5, 5.41) is 1.02. The fourth-order valence-electron chi connectivity index (χ4n) is 5.21. The van der Waals surface area contributed by atoms with Gasteiger partial charge in [-0.1, -0.05) is 18.2 Å². The summed E-state index contributed by atoms with van der Waals surface area (Å²) in [7, 11) is 0. The molecule has 0 radical (unpaired) electrons. The van der Waals surface area contributed by atoms with Crippen LogP contribution in [0, 0.1) is 19.8 Å². The molecule has 2 atom stereocenters. The molecule has 0 spiro atoms. The van der Waals surface area contributed by atoms with Crippen molar-refractivity contribution in [2.45, 2.75) is 32.7 Å². The zero-order valence-corrected chi connectivity index (χ0v) is 16.4. The van der Waals surface area contributed by atoms with Gasteiger partial charge < -0.3 is 9.55 Å². The smallest absolute Gasteiger partial charge is 0.250 e. The summed E-state index contributed by atoms with van der Waals surface area (Å²) in [6.07, 6.45) is 1.11. The van der Waals surface area contributed by atoms with Crippen molar-refractivity contribution >= 4 is 16.7 Å². The minimum absolute atomic E-state index is 0.0986. The molecule has 4 heterocycles. The van der Waals surface area contributed by atoms with Crippen LogP contribution in [0.2, 0.25) is 0 Å². The summed E-state index contributed by atoms with van der Waals surface area (Å²) in [6.45, 7) is 6.96. The molecule has 1 fully saturated rings. The number of piperidine rings is 1. The average molecular weight is 375 g/mol. The molecule has 0 amide bonds. The van der Waals surface area contributed by atoms with Crippen molar-refractivity contribution in [3.8, 4) is 0 Å². The number of hydrogen-bond acceptors (Lipinski definition) is 3. The van der Waals surface area contributed by atoms with E-state index in [9.17, 15) is 9.59 Å². The molecule has 5 heteroatoms. The monoisotopic (exact) mass is 375 g/mol. The lowest BCUT2D eigenvalue weighted by atomic mass is 9.83. The first-order valence-electron chi connectivity index (χ1n) is 10.0. The molecule has 3 aromatic rings. The number of carbonyl (C=O) groups is 1. The quantitative estimate of drug-likeness (QED) is 0.715. The maximum absolute atomic E-state index is 13.2. The number of hydrogen-bond donors (Lipinski definition) is 1. The van der Waals surface area contributed by atoms with E-state index in [2.05, 4.69) is 41.1 Å². The van der Waals surface area contributed by atoms with E-state index in [1.165, 1.54) is 5.56 Å². The van der Waals surface area contributed by atoms with E-state index in [0.717, 1.165) is 53.9 Å². The Morgan fingerprint density at radius 3 is 2.86 bits per heavy atom. The molecule has 28 heavy (non-hydrogen) atoms. The van der Waals surface area contributed by atoms with E-state index >= 15 is 0 Å². The first-order chi connectivity index (χ1) is 13.5. The molecular weight excluding hydrogens is 350 g/mol. The summed E-state index contributed by atoms with van der Waals surface area (Å²) >= 11 is 0. The second-order valence-electron chi connectivity index (χ2n) is 8.49. The molecule has 0 unspecified atom stereocenters. The van der Waals surface area contributed by atoms with E-state index in [-0.39, 0.29) is 11.3 Å². The van der Waals surface area contributed by atoms with Crippen LogP contribution in [0.4, 0.5) is 0 Å². The predicted octanol–water partition coefficient (Wildman–Crippen LogP) is 3.25. The standard InChI is InChI=1S/C23H25N3O2/c1-14-6-7-18-19(8-14)24-15(2)23(18)21(27)13-25-10-16-9-17(12-25)20-4-3-5-22(28)26(20)11-16/h3-8,16-17,24H,9-13H2,1-2H3/t16-,17+/m1/s1. The maximum atomic E-state index is 13.2. The summed E-state index contributed by atoms with van der Waals surface area (Å²) in [5.74, 6) is 0.949. The van der Waals surface area contributed by atoms with Gasteiger partial charge in [0.15, 0.2) is 5.78 Å². The molecule has 1 aromatic carbocycles. The van der Waals surface area contributed by atoms with Crippen LogP contribution in [0.5, 0.6) is 0 Å². The molecule has 0 saturated carbocycles. The minimum Gasteiger partial charge on any atom is -0.358 e. The van der Waals surface area contributed by atoms with Gasteiger partial charge in [0.2, 0.25) is 0 Å².